The molecule has 2 unspecified atom stereocenters. The molecular weight excluding hydrogens is 256 g/mol. The first-order chi connectivity index (χ1) is 9.29. The third kappa shape index (κ3) is 2.67. The summed E-state index contributed by atoms with van der Waals surface area (Å²) in [5.41, 5.74) is 8.75. The van der Waals surface area contributed by atoms with E-state index in [2.05, 4.69) is 17.0 Å². The highest BCUT2D eigenvalue weighted by atomic mass is 35.5. The van der Waals surface area contributed by atoms with Crippen LogP contribution in [0.5, 0.6) is 0 Å². The van der Waals surface area contributed by atoms with Crippen molar-refractivity contribution in [1.82, 2.24) is 4.90 Å². The van der Waals surface area contributed by atoms with E-state index in [4.69, 9.17) is 17.3 Å². The molecule has 19 heavy (non-hydrogen) atoms. The second kappa shape index (κ2) is 5.82. The van der Waals surface area contributed by atoms with Crippen molar-refractivity contribution in [3.8, 4) is 0 Å². The summed E-state index contributed by atoms with van der Waals surface area (Å²) in [5, 5.41) is 0.872. The molecule has 2 atom stereocenters. The summed E-state index contributed by atoms with van der Waals surface area (Å²) in [5.74, 6) is 0. The van der Waals surface area contributed by atoms with Gasteiger partial charge in [-0.25, -0.2) is 0 Å². The number of hydrogen-bond acceptors (Lipinski definition) is 2. The Morgan fingerprint density at radius 2 is 2.16 bits per heavy atom. The molecule has 104 valence electrons. The molecule has 1 heterocycles. The molecule has 1 fully saturated rings. The lowest BCUT2D eigenvalue weighted by Gasteiger charge is -2.40. The van der Waals surface area contributed by atoms with Gasteiger partial charge in [-0.2, -0.15) is 0 Å². The molecule has 0 bridgehead atoms. The number of aryl methyl sites for hydroxylation is 1. The molecule has 0 amide bonds. The van der Waals surface area contributed by atoms with Gasteiger partial charge < -0.3 is 5.73 Å². The second-order valence-corrected chi connectivity index (χ2v) is 6.30. The molecule has 1 aliphatic heterocycles. The first-order valence-electron chi connectivity index (χ1n) is 7.53. The molecular formula is C16H23ClN2. The Labute approximate surface area is 120 Å². The second-order valence-electron chi connectivity index (χ2n) is 5.86. The van der Waals surface area contributed by atoms with E-state index in [1.165, 1.54) is 49.8 Å². The third-order valence-electron chi connectivity index (χ3n) is 4.72. The number of nitrogens with zero attached hydrogens (tertiary/aromatic N) is 1. The smallest absolute Gasteiger partial charge is 0.0408 e. The zero-order valence-electron chi connectivity index (χ0n) is 11.4. The number of benzene rings is 1. The minimum atomic E-state index is 0.601. The number of piperidine rings is 1. The summed E-state index contributed by atoms with van der Waals surface area (Å²) < 4.78 is 0. The fourth-order valence-corrected chi connectivity index (χ4v) is 4.04. The maximum atomic E-state index is 6.11. The minimum absolute atomic E-state index is 0.601. The fourth-order valence-electron chi connectivity index (χ4n) is 3.84. The third-order valence-corrected chi connectivity index (χ3v) is 4.96. The van der Waals surface area contributed by atoms with Crippen molar-refractivity contribution >= 4 is 11.6 Å². The van der Waals surface area contributed by atoms with E-state index in [1.54, 1.807) is 0 Å². The molecule has 0 spiro atoms. The number of likely N-dealkylation sites (tertiary alicyclic amines) is 1. The Balaban J connectivity index is 1.83. The zero-order chi connectivity index (χ0) is 13.2. The monoisotopic (exact) mass is 278 g/mol. The molecule has 0 saturated carbocycles. The van der Waals surface area contributed by atoms with Crippen molar-refractivity contribution in [1.29, 1.82) is 0 Å². The van der Waals surface area contributed by atoms with Crippen molar-refractivity contribution in [2.24, 2.45) is 5.73 Å². The molecule has 1 aromatic carbocycles. The maximum Gasteiger partial charge on any atom is 0.0408 e. The van der Waals surface area contributed by atoms with E-state index < -0.39 is 0 Å². The Morgan fingerprint density at radius 3 is 3.00 bits per heavy atom. The average Bonchev–Trinajstić information content (AvgIpc) is 2.82. The van der Waals surface area contributed by atoms with E-state index >= 15 is 0 Å². The SMILES string of the molecule is NCCC1CCCCN1C1CCc2cc(Cl)ccc21. The molecule has 1 aliphatic carbocycles. The number of hydrogen-bond donors (Lipinski definition) is 1. The van der Waals surface area contributed by atoms with Gasteiger partial charge in [0.25, 0.3) is 0 Å². The van der Waals surface area contributed by atoms with Crippen LogP contribution in [-0.2, 0) is 6.42 Å². The highest BCUT2D eigenvalue weighted by Gasteiger charge is 2.33. The van der Waals surface area contributed by atoms with Crippen LogP contribution in [0.15, 0.2) is 18.2 Å². The van der Waals surface area contributed by atoms with Crippen molar-refractivity contribution in [2.45, 2.75) is 50.6 Å². The Kier molecular flexibility index (Phi) is 4.11. The van der Waals surface area contributed by atoms with Crippen LogP contribution in [0.25, 0.3) is 0 Å². The molecule has 0 aromatic heterocycles. The number of rotatable bonds is 3. The van der Waals surface area contributed by atoms with Crippen LogP contribution >= 0.6 is 11.6 Å². The van der Waals surface area contributed by atoms with Crippen LogP contribution in [0.4, 0.5) is 0 Å². The van der Waals surface area contributed by atoms with Gasteiger partial charge in [-0.1, -0.05) is 24.1 Å². The van der Waals surface area contributed by atoms with Gasteiger partial charge in [0.2, 0.25) is 0 Å². The standard InChI is InChI=1S/C16H23ClN2/c17-13-5-6-15-12(11-13)4-7-16(15)19-10-2-1-3-14(19)8-9-18/h5-6,11,14,16H,1-4,7-10,18H2. The predicted octanol–water partition coefficient (Wildman–Crippen LogP) is 3.53. The Bertz CT molecular complexity index is 444. The van der Waals surface area contributed by atoms with Gasteiger partial charge >= 0.3 is 0 Å². The molecule has 2 nitrogen and oxygen atoms in total. The topological polar surface area (TPSA) is 29.3 Å². The van der Waals surface area contributed by atoms with Crippen LogP contribution in [-0.4, -0.2) is 24.0 Å². The fraction of sp³-hybridized carbons (Fsp3) is 0.625. The lowest BCUT2D eigenvalue weighted by Crippen LogP contribution is -2.42. The first-order valence-corrected chi connectivity index (χ1v) is 7.91. The van der Waals surface area contributed by atoms with Gasteiger partial charge in [-0.15, -0.1) is 0 Å². The summed E-state index contributed by atoms with van der Waals surface area (Å²) in [6.45, 7) is 2.04. The lowest BCUT2D eigenvalue weighted by molar-refractivity contribution is 0.0900. The average molecular weight is 279 g/mol. The number of fused-ring (bicyclic) bond motifs is 1. The van der Waals surface area contributed by atoms with E-state index in [-0.39, 0.29) is 0 Å². The van der Waals surface area contributed by atoms with Crippen molar-refractivity contribution in [2.75, 3.05) is 13.1 Å². The maximum absolute atomic E-state index is 6.11. The van der Waals surface area contributed by atoms with Crippen molar-refractivity contribution in [3.63, 3.8) is 0 Å². The summed E-state index contributed by atoms with van der Waals surface area (Å²) in [6.07, 6.45) is 7.57. The molecule has 3 rings (SSSR count). The lowest BCUT2D eigenvalue weighted by atomic mass is 9.95. The molecule has 3 heteroatoms. The molecule has 0 radical (unpaired) electrons. The Hall–Kier alpha value is -0.570. The molecule has 1 saturated heterocycles. The van der Waals surface area contributed by atoms with Crippen LogP contribution in [0, 0.1) is 0 Å². The highest BCUT2D eigenvalue weighted by molar-refractivity contribution is 6.30. The zero-order valence-corrected chi connectivity index (χ0v) is 12.2. The normalized spacial score (nSPS) is 27.5. The van der Waals surface area contributed by atoms with E-state index in [9.17, 15) is 0 Å². The minimum Gasteiger partial charge on any atom is -0.330 e. The summed E-state index contributed by atoms with van der Waals surface area (Å²) in [7, 11) is 0. The van der Waals surface area contributed by atoms with Gasteiger partial charge in [0.15, 0.2) is 0 Å². The van der Waals surface area contributed by atoms with Crippen LogP contribution in [0.1, 0.15) is 49.3 Å². The summed E-state index contributed by atoms with van der Waals surface area (Å²) in [6, 6.07) is 7.72. The van der Waals surface area contributed by atoms with Crippen LogP contribution < -0.4 is 5.73 Å². The summed E-state index contributed by atoms with van der Waals surface area (Å²) >= 11 is 6.11. The number of halogens is 1. The predicted molar refractivity (Wildman–Crippen MR) is 80.5 cm³/mol. The van der Waals surface area contributed by atoms with Gasteiger partial charge in [0.1, 0.15) is 0 Å². The van der Waals surface area contributed by atoms with E-state index in [0.29, 0.717) is 12.1 Å². The van der Waals surface area contributed by atoms with Gasteiger partial charge in [-0.05, 0) is 68.5 Å². The quantitative estimate of drug-likeness (QED) is 0.916. The molecule has 2 aliphatic rings. The van der Waals surface area contributed by atoms with Gasteiger partial charge in [0.05, 0.1) is 0 Å². The van der Waals surface area contributed by atoms with Crippen LogP contribution in [0.3, 0.4) is 0 Å². The molecule has 2 N–H and O–H groups in total. The first kappa shape index (κ1) is 13.4. The largest absolute Gasteiger partial charge is 0.330 e. The van der Waals surface area contributed by atoms with Crippen molar-refractivity contribution in [3.05, 3.63) is 34.3 Å². The molecule has 1 aromatic rings. The highest BCUT2D eigenvalue weighted by Crippen LogP contribution is 2.40. The Morgan fingerprint density at radius 1 is 1.26 bits per heavy atom. The van der Waals surface area contributed by atoms with Crippen LogP contribution in [0.2, 0.25) is 5.02 Å². The van der Waals surface area contributed by atoms with E-state index in [1.807, 2.05) is 6.07 Å². The van der Waals surface area contributed by atoms with Gasteiger partial charge in [-0.3, -0.25) is 4.90 Å². The summed E-state index contributed by atoms with van der Waals surface area (Å²) in [4.78, 5) is 2.72. The number of nitrogens with two attached hydrogens (primary N) is 1. The van der Waals surface area contributed by atoms with Crippen molar-refractivity contribution < 1.29 is 0 Å². The van der Waals surface area contributed by atoms with E-state index in [0.717, 1.165) is 18.0 Å². The van der Waals surface area contributed by atoms with Gasteiger partial charge in [0, 0.05) is 17.1 Å².